The van der Waals surface area contributed by atoms with Gasteiger partial charge in [0.25, 0.3) is 5.91 Å². The Bertz CT molecular complexity index is 799. The molecule has 1 aliphatic heterocycles. The summed E-state index contributed by atoms with van der Waals surface area (Å²) in [6.07, 6.45) is 1.55. The van der Waals surface area contributed by atoms with Crippen molar-refractivity contribution in [1.29, 1.82) is 0 Å². The molecule has 0 unspecified atom stereocenters. The minimum Gasteiger partial charge on any atom is -0.504 e. The van der Waals surface area contributed by atoms with Gasteiger partial charge in [-0.15, -0.1) is 0 Å². The van der Waals surface area contributed by atoms with Gasteiger partial charge in [-0.2, -0.15) is 0 Å². The molecule has 0 atom stereocenters. The van der Waals surface area contributed by atoms with Gasteiger partial charge in [-0.05, 0) is 23.8 Å². The molecule has 0 fully saturated rings. The molecular formula is C14H12N4O3. The van der Waals surface area contributed by atoms with E-state index in [0.717, 1.165) is 0 Å². The van der Waals surface area contributed by atoms with Gasteiger partial charge in [0.05, 0.1) is 16.8 Å². The molecule has 2 heterocycles. The number of aromatic nitrogens is 1. The predicted octanol–water partition coefficient (Wildman–Crippen LogP) is 1.15. The van der Waals surface area contributed by atoms with E-state index in [2.05, 4.69) is 10.3 Å². The summed E-state index contributed by atoms with van der Waals surface area (Å²) in [5, 5.41) is 21.4. The van der Waals surface area contributed by atoms with Crippen molar-refractivity contribution in [2.75, 3.05) is 16.8 Å². The SMILES string of the molecule is Nc1cc2c(c(N)n1)/C(=C/c1ccc(O)c(O)c1)C(=O)N2. The predicted molar refractivity (Wildman–Crippen MR) is 79.3 cm³/mol. The number of benzene rings is 1. The van der Waals surface area contributed by atoms with Crippen molar-refractivity contribution < 1.29 is 15.0 Å². The lowest BCUT2D eigenvalue weighted by Gasteiger charge is -2.04. The number of phenols is 2. The topological polar surface area (TPSA) is 134 Å². The molecule has 7 N–H and O–H groups in total. The molecule has 3 rings (SSSR count). The average molecular weight is 284 g/mol. The summed E-state index contributed by atoms with van der Waals surface area (Å²) >= 11 is 0. The van der Waals surface area contributed by atoms with E-state index in [4.69, 9.17) is 11.5 Å². The number of nitrogens with two attached hydrogens (primary N) is 2. The lowest BCUT2D eigenvalue weighted by molar-refractivity contribution is -0.110. The van der Waals surface area contributed by atoms with Gasteiger partial charge in [-0.3, -0.25) is 4.79 Å². The second kappa shape index (κ2) is 4.41. The highest BCUT2D eigenvalue weighted by Gasteiger charge is 2.27. The van der Waals surface area contributed by atoms with Crippen LogP contribution >= 0.6 is 0 Å². The zero-order chi connectivity index (χ0) is 15.1. The number of hydrogen-bond acceptors (Lipinski definition) is 6. The van der Waals surface area contributed by atoms with Crippen LogP contribution in [0.25, 0.3) is 11.6 Å². The third kappa shape index (κ3) is 2.10. The Morgan fingerprint density at radius 2 is 1.90 bits per heavy atom. The van der Waals surface area contributed by atoms with E-state index in [-0.39, 0.29) is 29.0 Å². The molecule has 7 nitrogen and oxygen atoms in total. The number of nitrogens with zero attached hydrogens (tertiary/aromatic N) is 1. The van der Waals surface area contributed by atoms with E-state index >= 15 is 0 Å². The van der Waals surface area contributed by atoms with Gasteiger partial charge in [0, 0.05) is 6.07 Å². The van der Waals surface area contributed by atoms with Crippen LogP contribution in [0.1, 0.15) is 11.1 Å². The second-order valence-corrected chi connectivity index (χ2v) is 4.62. The Morgan fingerprint density at radius 1 is 1.14 bits per heavy atom. The fourth-order valence-electron chi connectivity index (χ4n) is 2.20. The third-order valence-electron chi connectivity index (χ3n) is 3.14. The van der Waals surface area contributed by atoms with Crippen molar-refractivity contribution in [2.24, 2.45) is 0 Å². The maximum atomic E-state index is 12.0. The summed E-state index contributed by atoms with van der Waals surface area (Å²) in [6, 6.07) is 5.77. The van der Waals surface area contributed by atoms with Crippen LogP contribution in [0.2, 0.25) is 0 Å². The van der Waals surface area contributed by atoms with Crippen molar-refractivity contribution in [1.82, 2.24) is 4.98 Å². The Kier molecular flexibility index (Phi) is 2.69. The number of carbonyl (C=O) groups excluding carboxylic acids is 1. The number of anilines is 3. The molecule has 0 saturated carbocycles. The number of carbonyl (C=O) groups is 1. The van der Waals surface area contributed by atoms with Crippen LogP contribution in [0, 0.1) is 0 Å². The maximum Gasteiger partial charge on any atom is 0.256 e. The van der Waals surface area contributed by atoms with Crippen molar-refractivity contribution in [3.05, 3.63) is 35.4 Å². The molecule has 0 saturated heterocycles. The number of rotatable bonds is 1. The van der Waals surface area contributed by atoms with Crippen LogP contribution < -0.4 is 16.8 Å². The smallest absolute Gasteiger partial charge is 0.256 e. The van der Waals surface area contributed by atoms with Gasteiger partial charge in [0.2, 0.25) is 0 Å². The van der Waals surface area contributed by atoms with Crippen molar-refractivity contribution in [3.63, 3.8) is 0 Å². The fraction of sp³-hybridized carbons (Fsp3) is 0. The fourth-order valence-corrected chi connectivity index (χ4v) is 2.20. The quantitative estimate of drug-likeness (QED) is 0.394. The highest BCUT2D eigenvalue weighted by Crippen LogP contribution is 2.38. The number of nitrogen functional groups attached to an aromatic ring is 2. The molecule has 1 aromatic carbocycles. The minimum atomic E-state index is -0.336. The Hall–Kier alpha value is -3.22. The molecule has 106 valence electrons. The van der Waals surface area contributed by atoms with Crippen molar-refractivity contribution in [2.45, 2.75) is 0 Å². The van der Waals surface area contributed by atoms with E-state index in [9.17, 15) is 15.0 Å². The van der Waals surface area contributed by atoms with Gasteiger partial charge >= 0.3 is 0 Å². The van der Waals surface area contributed by atoms with E-state index in [1.807, 2.05) is 0 Å². The summed E-state index contributed by atoms with van der Waals surface area (Å²) in [6.45, 7) is 0. The molecule has 7 heteroatoms. The van der Waals surface area contributed by atoms with Crippen LogP contribution in [-0.4, -0.2) is 21.1 Å². The number of hydrogen-bond donors (Lipinski definition) is 5. The molecule has 2 aromatic rings. The standard InChI is InChI=1S/C14H12N4O3/c15-11-5-8-12(13(16)18-11)7(14(21)17-8)3-6-1-2-9(19)10(20)4-6/h1-5,19-20H,(H,17,21)(H4,15,16,18)/b7-3-. The number of phenolic OH excluding ortho intramolecular Hbond substituents is 2. The highest BCUT2D eigenvalue weighted by atomic mass is 16.3. The van der Waals surface area contributed by atoms with E-state index in [1.54, 1.807) is 12.1 Å². The van der Waals surface area contributed by atoms with E-state index < -0.39 is 0 Å². The molecule has 0 radical (unpaired) electrons. The molecule has 1 amide bonds. The van der Waals surface area contributed by atoms with Gasteiger partial charge in [-0.25, -0.2) is 4.98 Å². The summed E-state index contributed by atoms with van der Waals surface area (Å²) < 4.78 is 0. The minimum absolute atomic E-state index is 0.151. The van der Waals surface area contributed by atoms with Gasteiger partial charge < -0.3 is 27.0 Å². The first kappa shape index (κ1) is 12.8. The zero-order valence-electron chi connectivity index (χ0n) is 10.8. The van der Waals surface area contributed by atoms with Crippen LogP contribution in [0.15, 0.2) is 24.3 Å². The number of amides is 1. The van der Waals surface area contributed by atoms with E-state index in [1.165, 1.54) is 18.2 Å². The summed E-state index contributed by atoms with van der Waals surface area (Å²) in [4.78, 5) is 16.0. The number of pyridine rings is 1. The molecule has 1 aromatic heterocycles. The van der Waals surface area contributed by atoms with Gasteiger partial charge in [-0.1, -0.05) is 6.07 Å². The molecule has 0 spiro atoms. The molecule has 1 aliphatic rings. The Labute approximate surface area is 119 Å². The monoisotopic (exact) mass is 284 g/mol. The highest BCUT2D eigenvalue weighted by molar-refractivity contribution is 6.36. The first-order chi connectivity index (χ1) is 9.95. The molecular weight excluding hydrogens is 272 g/mol. The lowest BCUT2D eigenvalue weighted by atomic mass is 10.0. The van der Waals surface area contributed by atoms with Crippen LogP contribution in [0.4, 0.5) is 17.3 Å². The third-order valence-corrected chi connectivity index (χ3v) is 3.14. The molecule has 0 aliphatic carbocycles. The van der Waals surface area contributed by atoms with Crippen LogP contribution in [-0.2, 0) is 4.79 Å². The van der Waals surface area contributed by atoms with Crippen molar-refractivity contribution >= 4 is 34.9 Å². The second-order valence-electron chi connectivity index (χ2n) is 4.62. The summed E-state index contributed by atoms with van der Waals surface area (Å²) in [5.74, 6) is -0.474. The first-order valence-electron chi connectivity index (χ1n) is 6.07. The lowest BCUT2D eigenvalue weighted by Crippen LogP contribution is -2.03. The van der Waals surface area contributed by atoms with Gasteiger partial charge in [0.1, 0.15) is 11.6 Å². The Morgan fingerprint density at radius 3 is 2.62 bits per heavy atom. The first-order valence-corrected chi connectivity index (χ1v) is 6.07. The van der Waals surface area contributed by atoms with Crippen molar-refractivity contribution in [3.8, 4) is 11.5 Å². The van der Waals surface area contributed by atoms with E-state index in [0.29, 0.717) is 22.4 Å². The van der Waals surface area contributed by atoms with Crippen LogP contribution in [0.3, 0.4) is 0 Å². The zero-order valence-corrected chi connectivity index (χ0v) is 10.8. The Balaban J connectivity index is 2.14. The van der Waals surface area contributed by atoms with Crippen LogP contribution in [0.5, 0.6) is 11.5 Å². The largest absolute Gasteiger partial charge is 0.504 e. The summed E-state index contributed by atoms with van der Waals surface area (Å²) in [5.41, 5.74) is 13.2. The number of nitrogens with one attached hydrogen (secondary N) is 1. The number of fused-ring (bicyclic) bond motifs is 1. The van der Waals surface area contributed by atoms with Gasteiger partial charge in [0.15, 0.2) is 11.5 Å². The summed E-state index contributed by atoms with van der Waals surface area (Å²) in [7, 11) is 0. The average Bonchev–Trinajstić information content (AvgIpc) is 2.70. The number of aromatic hydroxyl groups is 2. The molecule has 21 heavy (non-hydrogen) atoms. The maximum absolute atomic E-state index is 12.0. The molecule has 0 bridgehead atoms. The normalized spacial score (nSPS) is 15.0.